The highest BCUT2D eigenvalue weighted by Crippen LogP contribution is 2.25. The van der Waals surface area contributed by atoms with Crippen LogP contribution in [0.4, 0.5) is 0 Å². The van der Waals surface area contributed by atoms with E-state index in [2.05, 4.69) is 10.4 Å². The van der Waals surface area contributed by atoms with Gasteiger partial charge in [0.2, 0.25) is 5.88 Å². The van der Waals surface area contributed by atoms with Crippen molar-refractivity contribution >= 4 is 0 Å². The van der Waals surface area contributed by atoms with Gasteiger partial charge in [0.25, 0.3) is 0 Å². The number of hydrogen-bond acceptors (Lipinski definition) is 5. The fourth-order valence-corrected chi connectivity index (χ4v) is 2.53. The highest BCUT2D eigenvalue weighted by Gasteiger charge is 2.15. The summed E-state index contributed by atoms with van der Waals surface area (Å²) in [5.41, 5.74) is 2.68. The molecule has 0 spiro atoms. The second-order valence-electron chi connectivity index (χ2n) is 5.09. The molecule has 120 valence electrons. The van der Waals surface area contributed by atoms with E-state index in [0.717, 1.165) is 22.7 Å². The molecule has 0 saturated carbocycles. The van der Waals surface area contributed by atoms with Crippen LogP contribution >= 0.6 is 0 Å². The predicted molar refractivity (Wildman–Crippen MR) is 84.2 cm³/mol. The predicted octanol–water partition coefficient (Wildman–Crippen LogP) is 1.57. The van der Waals surface area contributed by atoms with Crippen LogP contribution in [0.2, 0.25) is 0 Å². The standard InChI is InChI=1S/C16H23N3O3/c1-11-13(16(22-4)19(2)18-11)9-17-10-14(20)12-7-5-6-8-15(12)21-3/h5-8,14,17,20H,9-10H2,1-4H3/t14-/m1/s1. The van der Waals surface area contributed by atoms with E-state index >= 15 is 0 Å². The number of methoxy groups -OCH3 is 2. The van der Waals surface area contributed by atoms with Gasteiger partial charge in [-0.3, -0.25) is 0 Å². The average molecular weight is 305 g/mol. The molecule has 0 amide bonds. The molecule has 0 unspecified atom stereocenters. The number of para-hydroxylation sites is 1. The summed E-state index contributed by atoms with van der Waals surface area (Å²) in [5, 5.41) is 17.9. The molecule has 1 aromatic heterocycles. The van der Waals surface area contributed by atoms with Crippen molar-refractivity contribution in [1.82, 2.24) is 15.1 Å². The Bertz CT molecular complexity index is 625. The first-order valence-electron chi connectivity index (χ1n) is 7.16. The van der Waals surface area contributed by atoms with E-state index in [1.807, 2.05) is 38.2 Å². The van der Waals surface area contributed by atoms with Crippen LogP contribution < -0.4 is 14.8 Å². The van der Waals surface area contributed by atoms with Crippen molar-refractivity contribution in [3.05, 3.63) is 41.1 Å². The van der Waals surface area contributed by atoms with Gasteiger partial charge >= 0.3 is 0 Å². The van der Waals surface area contributed by atoms with Crippen LogP contribution in [-0.2, 0) is 13.6 Å². The van der Waals surface area contributed by atoms with E-state index in [1.54, 1.807) is 18.9 Å². The molecule has 0 saturated heterocycles. The van der Waals surface area contributed by atoms with Crippen LogP contribution in [0.5, 0.6) is 11.6 Å². The van der Waals surface area contributed by atoms with E-state index in [-0.39, 0.29) is 0 Å². The summed E-state index contributed by atoms with van der Waals surface area (Å²) in [5.74, 6) is 1.42. The maximum absolute atomic E-state index is 10.3. The number of aromatic nitrogens is 2. The minimum absolute atomic E-state index is 0.415. The highest BCUT2D eigenvalue weighted by atomic mass is 16.5. The molecule has 0 aliphatic carbocycles. The van der Waals surface area contributed by atoms with Gasteiger partial charge in [-0.05, 0) is 13.0 Å². The molecule has 1 heterocycles. The third-order valence-corrected chi connectivity index (χ3v) is 3.62. The molecular formula is C16H23N3O3. The molecule has 6 heteroatoms. The summed E-state index contributed by atoms with van der Waals surface area (Å²) in [6.07, 6.45) is -0.640. The Labute approximate surface area is 130 Å². The average Bonchev–Trinajstić information content (AvgIpc) is 2.80. The largest absolute Gasteiger partial charge is 0.496 e. The van der Waals surface area contributed by atoms with Crippen LogP contribution in [-0.4, -0.2) is 35.7 Å². The molecule has 1 atom stereocenters. The Balaban J connectivity index is 1.99. The van der Waals surface area contributed by atoms with Crippen molar-refractivity contribution in [3.8, 4) is 11.6 Å². The minimum Gasteiger partial charge on any atom is -0.496 e. The van der Waals surface area contributed by atoms with Gasteiger partial charge < -0.3 is 19.9 Å². The van der Waals surface area contributed by atoms with Crippen LogP contribution in [0.1, 0.15) is 22.9 Å². The summed E-state index contributed by atoms with van der Waals surface area (Å²) in [6.45, 7) is 2.93. The lowest BCUT2D eigenvalue weighted by Gasteiger charge is -2.15. The molecule has 6 nitrogen and oxygen atoms in total. The Morgan fingerprint density at radius 2 is 2.00 bits per heavy atom. The number of rotatable bonds is 7. The van der Waals surface area contributed by atoms with Crippen LogP contribution in [0, 0.1) is 6.92 Å². The molecule has 0 fully saturated rings. The number of ether oxygens (including phenoxy) is 2. The number of nitrogens with one attached hydrogen (secondary N) is 1. The fourth-order valence-electron chi connectivity index (χ4n) is 2.53. The van der Waals surface area contributed by atoms with Gasteiger partial charge in [0.05, 0.1) is 31.6 Å². The Kier molecular flexibility index (Phi) is 5.41. The summed E-state index contributed by atoms with van der Waals surface area (Å²) >= 11 is 0. The fraction of sp³-hybridized carbons (Fsp3) is 0.438. The second-order valence-corrected chi connectivity index (χ2v) is 5.09. The normalized spacial score (nSPS) is 12.2. The highest BCUT2D eigenvalue weighted by molar-refractivity contribution is 5.35. The molecule has 0 aliphatic rings. The van der Waals surface area contributed by atoms with Gasteiger partial charge in [-0.15, -0.1) is 0 Å². The molecule has 2 aromatic rings. The minimum atomic E-state index is -0.640. The topological polar surface area (TPSA) is 68.5 Å². The molecular weight excluding hydrogens is 282 g/mol. The van der Waals surface area contributed by atoms with Gasteiger partial charge in [0.1, 0.15) is 5.75 Å². The second kappa shape index (κ2) is 7.29. The van der Waals surface area contributed by atoms with E-state index < -0.39 is 6.10 Å². The number of nitrogens with zero attached hydrogens (tertiary/aromatic N) is 2. The summed E-state index contributed by atoms with van der Waals surface area (Å²) in [4.78, 5) is 0. The summed E-state index contributed by atoms with van der Waals surface area (Å²) in [6, 6.07) is 7.47. The number of benzene rings is 1. The molecule has 2 rings (SSSR count). The van der Waals surface area contributed by atoms with Crippen LogP contribution in [0.3, 0.4) is 0 Å². The maximum Gasteiger partial charge on any atom is 0.216 e. The first-order valence-corrected chi connectivity index (χ1v) is 7.16. The first kappa shape index (κ1) is 16.3. The molecule has 0 aliphatic heterocycles. The first-order chi connectivity index (χ1) is 10.6. The van der Waals surface area contributed by atoms with Gasteiger partial charge in [0, 0.05) is 25.7 Å². The molecule has 2 N–H and O–H groups in total. The monoisotopic (exact) mass is 305 g/mol. The summed E-state index contributed by atoms with van der Waals surface area (Å²) in [7, 11) is 5.07. The Morgan fingerprint density at radius 1 is 1.27 bits per heavy atom. The SMILES string of the molecule is COc1ccccc1[C@H](O)CNCc1c(C)nn(C)c1OC. The molecule has 1 aromatic carbocycles. The number of aliphatic hydroxyl groups excluding tert-OH is 1. The van der Waals surface area contributed by atoms with Crippen LogP contribution in [0.25, 0.3) is 0 Å². The zero-order valence-corrected chi connectivity index (χ0v) is 13.5. The Morgan fingerprint density at radius 3 is 2.68 bits per heavy atom. The molecule has 22 heavy (non-hydrogen) atoms. The zero-order chi connectivity index (χ0) is 16.1. The van der Waals surface area contributed by atoms with Crippen molar-refractivity contribution in [1.29, 1.82) is 0 Å². The number of aryl methyl sites for hydroxylation is 2. The third-order valence-electron chi connectivity index (χ3n) is 3.62. The van der Waals surface area contributed by atoms with E-state index in [4.69, 9.17) is 9.47 Å². The summed E-state index contributed by atoms with van der Waals surface area (Å²) < 4.78 is 12.3. The third kappa shape index (κ3) is 3.40. The van der Waals surface area contributed by atoms with Crippen molar-refractivity contribution in [3.63, 3.8) is 0 Å². The molecule has 0 bridgehead atoms. The lowest BCUT2D eigenvalue weighted by Crippen LogP contribution is -2.22. The van der Waals surface area contributed by atoms with E-state index in [1.165, 1.54) is 0 Å². The van der Waals surface area contributed by atoms with Gasteiger partial charge in [0.15, 0.2) is 0 Å². The smallest absolute Gasteiger partial charge is 0.216 e. The van der Waals surface area contributed by atoms with Crippen molar-refractivity contribution < 1.29 is 14.6 Å². The van der Waals surface area contributed by atoms with Crippen LogP contribution in [0.15, 0.2) is 24.3 Å². The van der Waals surface area contributed by atoms with E-state index in [9.17, 15) is 5.11 Å². The Hall–Kier alpha value is -2.05. The van der Waals surface area contributed by atoms with Gasteiger partial charge in [-0.2, -0.15) is 5.10 Å². The number of hydrogen-bond donors (Lipinski definition) is 2. The molecule has 0 radical (unpaired) electrons. The van der Waals surface area contributed by atoms with Gasteiger partial charge in [-0.1, -0.05) is 18.2 Å². The lowest BCUT2D eigenvalue weighted by molar-refractivity contribution is 0.170. The van der Waals surface area contributed by atoms with Crippen molar-refractivity contribution in [2.75, 3.05) is 20.8 Å². The number of aliphatic hydroxyl groups is 1. The maximum atomic E-state index is 10.3. The van der Waals surface area contributed by atoms with Crippen molar-refractivity contribution in [2.45, 2.75) is 19.6 Å². The van der Waals surface area contributed by atoms with E-state index in [0.29, 0.717) is 18.8 Å². The quantitative estimate of drug-likeness (QED) is 0.812. The lowest BCUT2D eigenvalue weighted by atomic mass is 10.1. The van der Waals surface area contributed by atoms with Crippen molar-refractivity contribution in [2.24, 2.45) is 7.05 Å². The van der Waals surface area contributed by atoms with Gasteiger partial charge in [-0.25, -0.2) is 4.68 Å². The zero-order valence-electron chi connectivity index (χ0n) is 13.5.